The van der Waals surface area contributed by atoms with Crippen LogP contribution in [0.5, 0.6) is 0 Å². The predicted octanol–water partition coefficient (Wildman–Crippen LogP) is 4.89. The van der Waals surface area contributed by atoms with E-state index >= 15 is 0 Å². The van der Waals surface area contributed by atoms with Crippen LogP contribution in [0.4, 0.5) is 0 Å². The van der Waals surface area contributed by atoms with Gasteiger partial charge in [-0.25, -0.2) is 8.42 Å². The molecule has 1 amide bonds. The Morgan fingerprint density at radius 2 is 1.71 bits per heavy atom. The molecular formula is C30H33N3O4S. The van der Waals surface area contributed by atoms with Crippen molar-refractivity contribution >= 4 is 43.9 Å². The minimum atomic E-state index is -4.00. The lowest BCUT2D eigenvalue weighted by Crippen LogP contribution is -2.52. The van der Waals surface area contributed by atoms with E-state index in [1.54, 1.807) is 30.3 Å². The number of hydrogen-bond acceptors (Lipinski definition) is 4. The molecule has 0 fully saturated rings. The number of fused-ring (bicyclic) bond motifs is 2. The van der Waals surface area contributed by atoms with E-state index in [0.717, 1.165) is 21.9 Å². The van der Waals surface area contributed by atoms with Crippen LogP contribution >= 0.6 is 0 Å². The van der Waals surface area contributed by atoms with Gasteiger partial charge in [-0.15, -0.1) is 0 Å². The van der Waals surface area contributed by atoms with Gasteiger partial charge in [0.1, 0.15) is 12.3 Å². The highest BCUT2D eigenvalue weighted by Crippen LogP contribution is 2.24. The highest BCUT2D eigenvalue weighted by atomic mass is 32.2. The number of H-pyrrole nitrogens is 1. The zero-order chi connectivity index (χ0) is 27.1. The van der Waals surface area contributed by atoms with Crippen molar-refractivity contribution in [3.05, 3.63) is 90.6 Å². The fourth-order valence-corrected chi connectivity index (χ4v) is 6.21. The van der Waals surface area contributed by atoms with Crippen molar-refractivity contribution in [3.63, 3.8) is 0 Å². The number of amides is 1. The number of allylic oxidation sites excluding steroid dienone is 1. The third kappa shape index (κ3) is 6.20. The van der Waals surface area contributed by atoms with Gasteiger partial charge in [0.05, 0.1) is 4.90 Å². The molecule has 4 rings (SSSR count). The smallest absolute Gasteiger partial charge is 0.241 e. The lowest BCUT2D eigenvalue weighted by molar-refractivity contribution is -0.124. The Kier molecular flexibility index (Phi) is 8.76. The number of aromatic amines is 1. The highest BCUT2D eigenvalue weighted by molar-refractivity contribution is 7.89. The molecular weight excluding hydrogens is 498 g/mol. The second-order valence-corrected chi connectivity index (χ2v) is 11.2. The Bertz CT molecular complexity index is 1550. The molecule has 7 nitrogen and oxygen atoms in total. The van der Waals surface area contributed by atoms with E-state index in [-0.39, 0.29) is 16.9 Å². The van der Waals surface area contributed by atoms with Gasteiger partial charge < -0.3 is 10.3 Å². The van der Waals surface area contributed by atoms with Crippen LogP contribution in [0.25, 0.3) is 21.7 Å². The van der Waals surface area contributed by atoms with Gasteiger partial charge >= 0.3 is 0 Å². The minimum Gasteiger partial charge on any atom is -0.361 e. The van der Waals surface area contributed by atoms with Crippen LogP contribution in [-0.2, 0) is 26.0 Å². The van der Waals surface area contributed by atoms with Crippen molar-refractivity contribution in [1.82, 2.24) is 15.0 Å². The maximum Gasteiger partial charge on any atom is 0.241 e. The SMILES string of the molecule is CC[C@H](C)[C@H](NS(=O)(=O)c1cccc2ccccc12)C(=O)N[C@H](CC=CC=O)Cc1c[nH]c2ccccc12. The van der Waals surface area contributed by atoms with Crippen molar-refractivity contribution in [2.24, 2.45) is 5.92 Å². The van der Waals surface area contributed by atoms with Crippen molar-refractivity contribution < 1.29 is 18.0 Å². The zero-order valence-corrected chi connectivity index (χ0v) is 22.4. The molecule has 0 saturated carbocycles. The molecule has 0 radical (unpaired) electrons. The molecule has 0 saturated heterocycles. The zero-order valence-electron chi connectivity index (χ0n) is 21.6. The van der Waals surface area contributed by atoms with Crippen molar-refractivity contribution in [2.75, 3.05) is 0 Å². The molecule has 4 aromatic rings. The summed E-state index contributed by atoms with van der Waals surface area (Å²) in [5, 5.41) is 5.52. The van der Waals surface area contributed by atoms with Crippen LogP contribution in [-0.4, -0.2) is 37.7 Å². The molecule has 1 aromatic heterocycles. The summed E-state index contributed by atoms with van der Waals surface area (Å²) < 4.78 is 29.8. The van der Waals surface area contributed by atoms with Crippen LogP contribution < -0.4 is 10.0 Å². The molecule has 1 heterocycles. The van der Waals surface area contributed by atoms with Gasteiger partial charge in [-0.05, 0) is 47.9 Å². The second kappa shape index (κ2) is 12.2. The number of carbonyl (C=O) groups excluding carboxylic acids is 2. The average molecular weight is 532 g/mol. The van der Waals surface area contributed by atoms with Gasteiger partial charge in [0.25, 0.3) is 0 Å². The molecule has 0 unspecified atom stereocenters. The van der Waals surface area contributed by atoms with Crippen LogP contribution in [0.1, 0.15) is 32.3 Å². The molecule has 3 aromatic carbocycles. The van der Waals surface area contributed by atoms with Gasteiger partial charge in [0.2, 0.25) is 15.9 Å². The quantitative estimate of drug-likeness (QED) is 0.179. The number of benzene rings is 3. The van der Waals surface area contributed by atoms with Crippen LogP contribution in [0.3, 0.4) is 0 Å². The fourth-order valence-electron chi connectivity index (χ4n) is 4.67. The number of para-hydroxylation sites is 1. The number of aromatic nitrogens is 1. The highest BCUT2D eigenvalue weighted by Gasteiger charge is 2.31. The Morgan fingerprint density at radius 1 is 1.00 bits per heavy atom. The molecule has 0 aliphatic carbocycles. The molecule has 0 aliphatic heterocycles. The molecule has 0 bridgehead atoms. The third-order valence-corrected chi connectivity index (χ3v) is 8.44. The average Bonchev–Trinajstić information content (AvgIpc) is 3.33. The number of sulfonamides is 1. The molecule has 0 spiro atoms. The standard InChI is InChI=1S/C30H33N3O4S/c1-3-21(2)29(33-38(36,37)28-17-10-12-22-11-4-5-15-26(22)28)30(35)32-24(13-8-9-18-34)19-23-20-31-27-16-7-6-14-25(23)27/h4-12,14-18,20-21,24,29,31,33H,3,13,19H2,1-2H3,(H,32,35)/t21-,24+,29-/m0/s1. The van der Waals surface area contributed by atoms with E-state index in [4.69, 9.17) is 0 Å². The van der Waals surface area contributed by atoms with E-state index in [1.807, 2.05) is 62.5 Å². The number of carbonyl (C=O) groups is 2. The number of aldehydes is 1. The molecule has 8 heteroatoms. The Labute approximate surface area is 223 Å². The van der Waals surface area contributed by atoms with E-state index in [1.165, 1.54) is 6.08 Å². The summed E-state index contributed by atoms with van der Waals surface area (Å²) in [4.78, 5) is 27.9. The summed E-state index contributed by atoms with van der Waals surface area (Å²) in [6, 6.07) is 19.0. The summed E-state index contributed by atoms with van der Waals surface area (Å²) in [5.41, 5.74) is 2.03. The van der Waals surface area contributed by atoms with Gasteiger partial charge in [0.15, 0.2) is 0 Å². The topological polar surface area (TPSA) is 108 Å². The van der Waals surface area contributed by atoms with Crippen LogP contribution in [0, 0.1) is 5.92 Å². The minimum absolute atomic E-state index is 0.140. The van der Waals surface area contributed by atoms with Crippen LogP contribution in [0.15, 0.2) is 90.0 Å². The van der Waals surface area contributed by atoms with Gasteiger partial charge in [-0.1, -0.05) is 80.9 Å². The third-order valence-electron chi connectivity index (χ3n) is 6.94. The fraction of sp³-hybridized carbons (Fsp3) is 0.267. The molecule has 38 heavy (non-hydrogen) atoms. The van der Waals surface area contributed by atoms with Crippen molar-refractivity contribution in [3.8, 4) is 0 Å². The van der Waals surface area contributed by atoms with E-state index in [0.29, 0.717) is 30.9 Å². The predicted molar refractivity (Wildman–Crippen MR) is 151 cm³/mol. The lowest BCUT2D eigenvalue weighted by Gasteiger charge is -2.26. The summed E-state index contributed by atoms with van der Waals surface area (Å²) in [5.74, 6) is -0.647. The van der Waals surface area contributed by atoms with E-state index in [9.17, 15) is 18.0 Å². The maximum atomic E-state index is 13.6. The van der Waals surface area contributed by atoms with E-state index in [2.05, 4.69) is 15.0 Å². The summed E-state index contributed by atoms with van der Waals surface area (Å²) in [6.07, 6.45) is 7.28. The summed E-state index contributed by atoms with van der Waals surface area (Å²) in [7, 11) is -4.00. The Hall–Kier alpha value is -3.75. The van der Waals surface area contributed by atoms with Gasteiger partial charge in [0, 0.05) is 28.5 Å². The summed E-state index contributed by atoms with van der Waals surface area (Å²) in [6.45, 7) is 3.78. The number of rotatable bonds is 12. The maximum absolute atomic E-state index is 13.6. The Morgan fingerprint density at radius 3 is 2.47 bits per heavy atom. The van der Waals surface area contributed by atoms with Gasteiger partial charge in [-0.3, -0.25) is 9.59 Å². The lowest BCUT2D eigenvalue weighted by atomic mass is 9.97. The Balaban J connectivity index is 1.60. The molecule has 0 aliphatic rings. The molecule has 3 N–H and O–H groups in total. The monoisotopic (exact) mass is 531 g/mol. The first-order valence-corrected chi connectivity index (χ1v) is 14.3. The van der Waals surface area contributed by atoms with Crippen LogP contribution in [0.2, 0.25) is 0 Å². The first-order valence-electron chi connectivity index (χ1n) is 12.8. The summed E-state index contributed by atoms with van der Waals surface area (Å²) >= 11 is 0. The van der Waals surface area contributed by atoms with E-state index < -0.39 is 22.0 Å². The van der Waals surface area contributed by atoms with Crippen molar-refractivity contribution in [2.45, 2.75) is 50.1 Å². The second-order valence-electron chi connectivity index (χ2n) is 9.53. The van der Waals surface area contributed by atoms with Gasteiger partial charge in [-0.2, -0.15) is 4.72 Å². The normalized spacial score (nSPS) is 14.5. The molecule has 198 valence electrons. The first-order chi connectivity index (χ1) is 18.3. The first kappa shape index (κ1) is 27.3. The number of nitrogens with one attached hydrogen (secondary N) is 3. The number of hydrogen-bond donors (Lipinski definition) is 3. The van der Waals surface area contributed by atoms with Crippen molar-refractivity contribution in [1.29, 1.82) is 0 Å². The largest absolute Gasteiger partial charge is 0.361 e. The molecule has 3 atom stereocenters.